The smallest absolute Gasteiger partial charge is 0.246 e. The van der Waals surface area contributed by atoms with E-state index < -0.39 is 0 Å². The van der Waals surface area contributed by atoms with Gasteiger partial charge in [-0.2, -0.15) is 5.10 Å². The quantitative estimate of drug-likeness (QED) is 0.476. The van der Waals surface area contributed by atoms with Gasteiger partial charge in [-0.3, -0.25) is 14.5 Å². The summed E-state index contributed by atoms with van der Waals surface area (Å²) in [5.74, 6) is 0.691. The van der Waals surface area contributed by atoms with Crippen LogP contribution in [0.15, 0.2) is 66.0 Å². The number of nitrogens with zero attached hydrogens (tertiary/aromatic N) is 5. The normalized spacial score (nSPS) is 11.3. The van der Waals surface area contributed by atoms with Crippen molar-refractivity contribution in [3.05, 3.63) is 72.3 Å². The first-order chi connectivity index (χ1) is 14.0. The van der Waals surface area contributed by atoms with Gasteiger partial charge in [0.1, 0.15) is 6.54 Å². The Hall–Kier alpha value is -3.55. The predicted molar refractivity (Wildman–Crippen MR) is 114 cm³/mol. The van der Waals surface area contributed by atoms with Gasteiger partial charge >= 0.3 is 0 Å². The number of rotatable bonds is 7. The average molecular weight is 393 g/mol. The van der Waals surface area contributed by atoms with Crippen molar-refractivity contribution in [1.82, 2.24) is 24.6 Å². The van der Waals surface area contributed by atoms with E-state index in [-0.39, 0.29) is 12.5 Å². The van der Waals surface area contributed by atoms with Crippen molar-refractivity contribution < 1.29 is 4.79 Å². The first-order valence-corrected chi connectivity index (χ1v) is 9.43. The third-order valence-corrected chi connectivity index (χ3v) is 4.55. The lowest BCUT2D eigenvalue weighted by atomic mass is 10.2. The number of guanidine groups is 1. The average Bonchev–Trinajstić information content (AvgIpc) is 3.34. The van der Waals surface area contributed by atoms with Crippen LogP contribution < -0.4 is 10.6 Å². The van der Waals surface area contributed by atoms with Gasteiger partial charge in [-0.1, -0.05) is 12.1 Å². The van der Waals surface area contributed by atoms with Gasteiger partial charge < -0.3 is 20.1 Å². The van der Waals surface area contributed by atoms with Crippen LogP contribution in [0, 0.1) is 0 Å². The second kappa shape index (κ2) is 9.59. The van der Waals surface area contributed by atoms with E-state index in [0.717, 1.165) is 23.8 Å². The molecule has 0 aliphatic heterocycles. The van der Waals surface area contributed by atoms with Crippen LogP contribution in [-0.2, 0) is 31.5 Å². The minimum atomic E-state index is -0.114. The molecule has 2 N–H and O–H groups in total. The van der Waals surface area contributed by atoms with Crippen molar-refractivity contribution in [3.63, 3.8) is 0 Å². The van der Waals surface area contributed by atoms with E-state index in [9.17, 15) is 4.79 Å². The Balaban J connectivity index is 1.55. The molecule has 0 unspecified atom stereocenters. The van der Waals surface area contributed by atoms with E-state index in [1.165, 1.54) is 5.69 Å². The molecule has 0 aliphatic carbocycles. The maximum atomic E-state index is 12.2. The molecule has 8 nitrogen and oxygen atoms in total. The summed E-state index contributed by atoms with van der Waals surface area (Å²) in [5, 5.41) is 10.3. The minimum Gasteiger partial charge on any atom is -0.353 e. The maximum absolute atomic E-state index is 12.2. The van der Waals surface area contributed by atoms with Crippen LogP contribution in [0.25, 0.3) is 0 Å². The number of hydrogen-bond acceptors (Lipinski definition) is 3. The zero-order valence-electron chi connectivity index (χ0n) is 17.0. The van der Waals surface area contributed by atoms with Crippen molar-refractivity contribution >= 4 is 17.6 Å². The Morgan fingerprint density at radius 1 is 1.21 bits per heavy atom. The highest BCUT2D eigenvalue weighted by Gasteiger charge is 2.09. The largest absolute Gasteiger partial charge is 0.353 e. The lowest BCUT2D eigenvalue weighted by Crippen LogP contribution is -2.38. The number of carbonyl (C=O) groups is 1. The Morgan fingerprint density at radius 2 is 2.07 bits per heavy atom. The van der Waals surface area contributed by atoms with Gasteiger partial charge in [-0.15, -0.1) is 0 Å². The Kier molecular flexibility index (Phi) is 6.67. The van der Waals surface area contributed by atoms with E-state index in [1.54, 1.807) is 30.2 Å². The Labute approximate surface area is 170 Å². The molecule has 0 aliphatic rings. The molecule has 1 amide bonds. The first kappa shape index (κ1) is 20.2. The fourth-order valence-electron chi connectivity index (χ4n) is 3.05. The van der Waals surface area contributed by atoms with Gasteiger partial charge in [-0.05, 0) is 35.9 Å². The Morgan fingerprint density at radius 3 is 2.76 bits per heavy atom. The molecule has 0 saturated carbocycles. The van der Waals surface area contributed by atoms with Crippen molar-refractivity contribution in [2.24, 2.45) is 12.0 Å². The van der Waals surface area contributed by atoms with Crippen LogP contribution in [0.3, 0.4) is 0 Å². The van der Waals surface area contributed by atoms with Gasteiger partial charge in [0.2, 0.25) is 5.91 Å². The number of carbonyl (C=O) groups excluding carboxylic acids is 1. The highest BCUT2D eigenvalue weighted by molar-refractivity contribution is 5.90. The molecular weight excluding hydrogens is 366 g/mol. The number of benzene rings is 1. The number of aliphatic imine (C=N–C) groups is 1. The fourth-order valence-corrected chi connectivity index (χ4v) is 3.05. The SMILES string of the molecule is CN=C(NCc1cccc(NC(=O)Cn2cccn2)c1)N(C)Cc1cccn1C. The van der Waals surface area contributed by atoms with Crippen LogP contribution in [0.2, 0.25) is 0 Å². The van der Waals surface area contributed by atoms with Crippen molar-refractivity contribution in [2.45, 2.75) is 19.6 Å². The first-order valence-electron chi connectivity index (χ1n) is 9.43. The molecule has 2 aromatic heterocycles. The topological polar surface area (TPSA) is 79.5 Å². The van der Waals surface area contributed by atoms with Gasteiger partial charge in [0, 0.05) is 57.7 Å². The number of aryl methyl sites for hydroxylation is 1. The predicted octanol–water partition coefficient (Wildman–Crippen LogP) is 2.07. The molecule has 2 heterocycles. The zero-order valence-corrected chi connectivity index (χ0v) is 17.0. The zero-order chi connectivity index (χ0) is 20.6. The lowest BCUT2D eigenvalue weighted by Gasteiger charge is -2.22. The number of hydrogen-bond donors (Lipinski definition) is 2. The molecule has 152 valence electrons. The number of nitrogens with one attached hydrogen (secondary N) is 2. The summed E-state index contributed by atoms with van der Waals surface area (Å²) in [7, 11) is 5.82. The van der Waals surface area contributed by atoms with Crippen molar-refractivity contribution in [3.8, 4) is 0 Å². The summed E-state index contributed by atoms with van der Waals surface area (Å²) in [4.78, 5) is 18.6. The van der Waals surface area contributed by atoms with Gasteiger partial charge in [0.25, 0.3) is 0 Å². The van der Waals surface area contributed by atoms with Crippen LogP contribution >= 0.6 is 0 Å². The van der Waals surface area contributed by atoms with E-state index in [4.69, 9.17) is 0 Å². The highest BCUT2D eigenvalue weighted by Crippen LogP contribution is 2.11. The molecule has 29 heavy (non-hydrogen) atoms. The second-order valence-electron chi connectivity index (χ2n) is 6.82. The van der Waals surface area contributed by atoms with Crippen LogP contribution in [0.4, 0.5) is 5.69 Å². The van der Waals surface area contributed by atoms with Gasteiger partial charge in [0.05, 0.1) is 6.54 Å². The molecule has 0 atom stereocenters. The number of amides is 1. The molecule has 0 bridgehead atoms. The molecule has 1 aromatic carbocycles. The molecule has 3 rings (SSSR count). The van der Waals surface area contributed by atoms with Crippen LogP contribution in [-0.4, -0.2) is 45.2 Å². The highest BCUT2D eigenvalue weighted by atomic mass is 16.2. The van der Waals surface area contributed by atoms with Crippen LogP contribution in [0.5, 0.6) is 0 Å². The van der Waals surface area contributed by atoms with Gasteiger partial charge in [0.15, 0.2) is 5.96 Å². The van der Waals surface area contributed by atoms with Crippen LogP contribution in [0.1, 0.15) is 11.3 Å². The summed E-state index contributed by atoms with van der Waals surface area (Å²) in [6, 6.07) is 13.7. The summed E-state index contributed by atoms with van der Waals surface area (Å²) < 4.78 is 3.69. The fraction of sp³-hybridized carbons (Fsp3) is 0.286. The summed E-state index contributed by atoms with van der Waals surface area (Å²) in [5.41, 5.74) is 3.02. The van der Waals surface area contributed by atoms with Crippen molar-refractivity contribution in [2.75, 3.05) is 19.4 Å². The molecule has 0 radical (unpaired) electrons. The van der Waals surface area contributed by atoms with E-state index in [2.05, 4.69) is 36.3 Å². The molecule has 0 fully saturated rings. The molecular formula is C21H27N7O. The number of anilines is 1. The molecule has 0 saturated heterocycles. The third kappa shape index (κ3) is 5.71. The Bertz CT molecular complexity index is 959. The number of aromatic nitrogens is 3. The molecule has 3 aromatic rings. The summed E-state index contributed by atoms with van der Waals surface area (Å²) >= 11 is 0. The summed E-state index contributed by atoms with van der Waals surface area (Å²) in [6.07, 6.45) is 5.45. The maximum Gasteiger partial charge on any atom is 0.246 e. The minimum absolute atomic E-state index is 0.114. The second-order valence-corrected chi connectivity index (χ2v) is 6.82. The van der Waals surface area contributed by atoms with Gasteiger partial charge in [-0.25, -0.2) is 0 Å². The standard InChI is InChI=1S/C21H27N7O/c1-22-21(27(3)15-19-9-5-11-26(19)2)23-14-17-7-4-8-18(13-17)25-20(29)16-28-12-6-10-24-28/h4-13H,14-16H2,1-3H3,(H,22,23)(H,25,29). The monoisotopic (exact) mass is 393 g/mol. The van der Waals surface area contributed by atoms with E-state index in [1.807, 2.05) is 50.6 Å². The molecule has 0 spiro atoms. The third-order valence-electron chi connectivity index (χ3n) is 4.55. The van der Waals surface area contributed by atoms with E-state index >= 15 is 0 Å². The van der Waals surface area contributed by atoms with Crippen molar-refractivity contribution in [1.29, 1.82) is 0 Å². The molecule has 8 heteroatoms. The summed E-state index contributed by atoms with van der Waals surface area (Å²) in [6.45, 7) is 1.55. The van der Waals surface area contributed by atoms with E-state index in [0.29, 0.717) is 6.54 Å². The lowest BCUT2D eigenvalue weighted by molar-refractivity contribution is -0.116.